The molecule has 0 spiro atoms. The fourth-order valence-electron chi connectivity index (χ4n) is 3.89. The first-order valence-corrected chi connectivity index (χ1v) is 12.8. The number of carbonyl (C=O) groups excluding carboxylic acids is 1. The average molecular weight is 523 g/mol. The van der Waals surface area contributed by atoms with E-state index in [2.05, 4.69) is 20.5 Å². The van der Waals surface area contributed by atoms with Crippen molar-refractivity contribution in [1.29, 1.82) is 5.41 Å². The maximum atomic E-state index is 12.6. The van der Waals surface area contributed by atoms with E-state index < -0.39 is 0 Å². The summed E-state index contributed by atoms with van der Waals surface area (Å²) in [5.41, 5.74) is 3.23. The number of rotatable bonds is 11. The minimum atomic E-state index is -0.129. The number of methoxy groups -OCH3 is 2. The van der Waals surface area contributed by atoms with Gasteiger partial charge in [0.05, 0.1) is 32.0 Å². The molecule has 4 aromatic rings. The summed E-state index contributed by atoms with van der Waals surface area (Å²) < 4.78 is 17.9. The second kappa shape index (κ2) is 11.8. The number of H-pyrrole nitrogens is 1. The van der Waals surface area contributed by atoms with Crippen LogP contribution in [-0.4, -0.2) is 58.8 Å². The van der Waals surface area contributed by atoms with Crippen molar-refractivity contribution >= 4 is 28.7 Å². The highest BCUT2D eigenvalue weighted by molar-refractivity contribution is 7.99. The molecule has 0 bridgehead atoms. The number of aryl methyl sites for hydroxylation is 1. The van der Waals surface area contributed by atoms with Crippen LogP contribution in [0.3, 0.4) is 0 Å². The molecule has 0 atom stereocenters. The molecule has 2 aromatic heterocycles. The van der Waals surface area contributed by atoms with Crippen LogP contribution in [0.4, 0.5) is 0 Å². The number of nitrogens with zero attached hydrogens (tertiary/aromatic N) is 3. The molecule has 194 valence electrons. The lowest BCUT2D eigenvalue weighted by Crippen LogP contribution is -2.28. The third-order valence-electron chi connectivity index (χ3n) is 5.70. The third kappa shape index (κ3) is 5.88. The van der Waals surface area contributed by atoms with Gasteiger partial charge in [0, 0.05) is 17.9 Å². The molecule has 2 heterocycles. The predicted octanol–water partition coefficient (Wildman–Crippen LogP) is 3.40. The van der Waals surface area contributed by atoms with E-state index in [1.807, 2.05) is 56.3 Å². The molecule has 0 saturated carbocycles. The molecule has 0 radical (unpaired) electrons. The van der Waals surface area contributed by atoms with Crippen LogP contribution in [0.5, 0.6) is 17.2 Å². The third-order valence-corrected chi connectivity index (χ3v) is 6.64. The fourth-order valence-corrected chi connectivity index (χ4v) is 4.73. The number of aromatic nitrogens is 4. The summed E-state index contributed by atoms with van der Waals surface area (Å²) in [6, 6.07) is 13.2. The Balaban J connectivity index is 1.48. The van der Waals surface area contributed by atoms with Crippen LogP contribution < -0.4 is 25.0 Å². The molecule has 10 nitrogen and oxygen atoms in total. The summed E-state index contributed by atoms with van der Waals surface area (Å²) in [4.78, 5) is 17.3. The molecule has 0 aliphatic rings. The van der Waals surface area contributed by atoms with Crippen molar-refractivity contribution in [3.05, 3.63) is 59.2 Å². The summed E-state index contributed by atoms with van der Waals surface area (Å²) >= 11 is 1.26. The molecule has 0 aliphatic carbocycles. The Bertz CT molecular complexity index is 1450. The molecular weight excluding hydrogens is 492 g/mol. The van der Waals surface area contributed by atoms with Crippen LogP contribution in [-0.2, 0) is 11.2 Å². The smallest absolute Gasteiger partial charge is 0.230 e. The number of amides is 1. The lowest BCUT2D eigenvalue weighted by atomic mass is 10.1. The van der Waals surface area contributed by atoms with Gasteiger partial charge >= 0.3 is 0 Å². The van der Waals surface area contributed by atoms with Crippen LogP contribution in [0.25, 0.3) is 16.7 Å². The van der Waals surface area contributed by atoms with Gasteiger partial charge in [0.1, 0.15) is 11.2 Å². The Morgan fingerprint density at radius 2 is 1.89 bits per heavy atom. The zero-order valence-electron chi connectivity index (χ0n) is 21.3. The maximum absolute atomic E-state index is 12.6. The molecule has 4 rings (SSSR count). The highest BCUT2D eigenvalue weighted by atomic mass is 32.2. The van der Waals surface area contributed by atoms with Crippen LogP contribution in [0.2, 0.25) is 0 Å². The van der Waals surface area contributed by atoms with Gasteiger partial charge in [-0.2, -0.15) is 5.10 Å². The van der Waals surface area contributed by atoms with Crippen molar-refractivity contribution in [1.82, 2.24) is 25.1 Å². The molecule has 2 aromatic carbocycles. The molecule has 0 aliphatic heterocycles. The number of thioether (sulfide) groups is 1. The number of ether oxygens (including phenoxy) is 3. The molecule has 11 heteroatoms. The van der Waals surface area contributed by atoms with Gasteiger partial charge in [0.2, 0.25) is 5.91 Å². The van der Waals surface area contributed by atoms with E-state index in [0.29, 0.717) is 47.3 Å². The summed E-state index contributed by atoms with van der Waals surface area (Å²) in [7, 11) is 3.19. The highest BCUT2D eigenvalue weighted by Gasteiger charge is 2.16. The quantitative estimate of drug-likeness (QED) is 0.203. The molecule has 3 N–H and O–H groups in total. The Morgan fingerprint density at radius 1 is 1.14 bits per heavy atom. The zero-order chi connectivity index (χ0) is 26.4. The van der Waals surface area contributed by atoms with Gasteiger partial charge in [0.15, 0.2) is 22.3 Å². The van der Waals surface area contributed by atoms with E-state index in [-0.39, 0.29) is 17.1 Å². The molecule has 0 fully saturated rings. The number of benzene rings is 2. The van der Waals surface area contributed by atoms with Crippen LogP contribution in [0.15, 0.2) is 47.6 Å². The van der Waals surface area contributed by atoms with Crippen molar-refractivity contribution < 1.29 is 19.0 Å². The number of hydrogen-bond acceptors (Lipinski definition) is 8. The number of aromatic amines is 1. The number of fused-ring (bicyclic) bond motifs is 1. The van der Waals surface area contributed by atoms with E-state index >= 15 is 0 Å². The van der Waals surface area contributed by atoms with Gasteiger partial charge in [-0.05, 0) is 62.2 Å². The Hall–Kier alpha value is -3.99. The molecule has 0 unspecified atom stereocenters. The minimum absolute atomic E-state index is 0.129. The zero-order valence-corrected chi connectivity index (χ0v) is 22.1. The Morgan fingerprint density at radius 3 is 2.59 bits per heavy atom. The predicted molar refractivity (Wildman–Crippen MR) is 142 cm³/mol. The van der Waals surface area contributed by atoms with Crippen LogP contribution >= 0.6 is 11.8 Å². The summed E-state index contributed by atoms with van der Waals surface area (Å²) in [6.45, 7) is 4.83. The topological polar surface area (TPSA) is 127 Å². The summed E-state index contributed by atoms with van der Waals surface area (Å²) in [5.74, 6) is 2.08. The van der Waals surface area contributed by atoms with E-state index in [1.165, 1.54) is 11.8 Å². The normalized spacial score (nSPS) is 10.9. The van der Waals surface area contributed by atoms with Gasteiger partial charge in [-0.15, -0.1) is 0 Å². The van der Waals surface area contributed by atoms with Crippen LogP contribution in [0, 0.1) is 12.3 Å². The van der Waals surface area contributed by atoms with Gasteiger partial charge in [-0.1, -0.05) is 17.8 Å². The van der Waals surface area contributed by atoms with E-state index in [0.717, 1.165) is 22.7 Å². The van der Waals surface area contributed by atoms with Gasteiger partial charge in [-0.3, -0.25) is 19.9 Å². The van der Waals surface area contributed by atoms with Gasteiger partial charge in [-0.25, -0.2) is 4.98 Å². The van der Waals surface area contributed by atoms with E-state index in [9.17, 15) is 4.79 Å². The SMILES string of the molecule is CCOc1ccc(-n2c(SCC(=O)NCCc3ccc(OC)c(OC)c3)nc3n[nH]c(C)c3c2=N)cc1. The monoisotopic (exact) mass is 522 g/mol. The van der Waals surface area contributed by atoms with Crippen molar-refractivity contribution in [3.63, 3.8) is 0 Å². The first-order valence-electron chi connectivity index (χ1n) is 11.8. The second-order valence-corrected chi connectivity index (χ2v) is 9.07. The standard InChI is InChI=1S/C26H30N6O4S/c1-5-36-19-9-7-18(8-10-19)32-24(27)23-16(2)30-31-25(23)29-26(32)37-15-22(33)28-13-12-17-6-11-20(34-3)21(14-17)35-4/h6-11,14,27H,5,12-13,15H2,1-4H3,(H,28,33)(H,30,31). The lowest BCUT2D eigenvalue weighted by molar-refractivity contribution is -0.118. The molecule has 1 amide bonds. The summed E-state index contributed by atoms with van der Waals surface area (Å²) in [6.07, 6.45) is 0.649. The van der Waals surface area contributed by atoms with Crippen molar-refractivity contribution in [2.45, 2.75) is 25.4 Å². The summed E-state index contributed by atoms with van der Waals surface area (Å²) in [5, 5.41) is 20.1. The Kier molecular flexibility index (Phi) is 8.34. The molecule has 37 heavy (non-hydrogen) atoms. The number of carbonyl (C=O) groups is 1. The lowest BCUT2D eigenvalue weighted by Gasteiger charge is -2.14. The fraction of sp³-hybridized carbons (Fsp3) is 0.308. The van der Waals surface area contributed by atoms with Crippen molar-refractivity contribution in [3.8, 4) is 22.9 Å². The minimum Gasteiger partial charge on any atom is -0.494 e. The highest BCUT2D eigenvalue weighted by Crippen LogP contribution is 2.27. The number of nitrogens with one attached hydrogen (secondary N) is 3. The average Bonchev–Trinajstić information content (AvgIpc) is 3.28. The van der Waals surface area contributed by atoms with E-state index in [1.54, 1.807) is 18.8 Å². The first kappa shape index (κ1) is 26.1. The second-order valence-electron chi connectivity index (χ2n) is 8.13. The first-order chi connectivity index (χ1) is 17.9. The van der Waals surface area contributed by atoms with Crippen LogP contribution in [0.1, 0.15) is 18.2 Å². The largest absolute Gasteiger partial charge is 0.494 e. The maximum Gasteiger partial charge on any atom is 0.230 e. The van der Waals surface area contributed by atoms with Gasteiger partial charge < -0.3 is 19.5 Å². The van der Waals surface area contributed by atoms with E-state index in [4.69, 9.17) is 19.6 Å². The Labute approximate surface area is 218 Å². The molecular formula is C26H30N6O4S. The molecule has 0 saturated heterocycles. The number of hydrogen-bond donors (Lipinski definition) is 3. The van der Waals surface area contributed by atoms with Crippen molar-refractivity contribution in [2.75, 3.05) is 33.1 Å². The van der Waals surface area contributed by atoms with Gasteiger partial charge in [0.25, 0.3) is 0 Å². The van der Waals surface area contributed by atoms with Crippen molar-refractivity contribution in [2.24, 2.45) is 0 Å².